The molecule has 1 aliphatic heterocycles. The first-order valence-corrected chi connectivity index (χ1v) is 8.71. The number of nitrogens with one attached hydrogen (secondary N) is 3. The van der Waals surface area contributed by atoms with Crippen LogP contribution in [0.2, 0.25) is 0 Å². The van der Waals surface area contributed by atoms with Crippen molar-refractivity contribution in [3.05, 3.63) is 28.8 Å². The number of rotatable bonds is 6. The van der Waals surface area contributed by atoms with Crippen LogP contribution in [0.15, 0.2) is 18.2 Å². The third kappa shape index (κ3) is 3.67. The molecule has 1 aromatic heterocycles. The number of carbonyl (C=O) groups is 1. The maximum absolute atomic E-state index is 12.4. The van der Waals surface area contributed by atoms with E-state index >= 15 is 0 Å². The van der Waals surface area contributed by atoms with Gasteiger partial charge < -0.3 is 10.6 Å². The lowest BCUT2D eigenvalue weighted by Gasteiger charge is -2.18. The van der Waals surface area contributed by atoms with E-state index in [0.29, 0.717) is 11.6 Å². The number of nitrogens with zero attached hydrogens (tertiary/aromatic N) is 2. The summed E-state index contributed by atoms with van der Waals surface area (Å²) in [6.45, 7) is 3.48. The topological polar surface area (TPSA) is 99.8 Å². The average Bonchev–Trinajstić information content (AvgIpc) is 3.12. The summed E-state index contributed by atoms with van der Waals surface area (Å²) in [6, 6.07) is 7.54. The first-order valence-electron chi connectivity index (χ1n) is 7.32. The fourth-order valence-electron chi connectivity index (χ4n) is 2.47. The minimum Gasteiger partial charge on any atom is -0.351 e. The van der Waals surface area contributed by atoms with Crippen LogP contribution in [0.3, 0.4) is 0 Å². The van der Waals surface area contributed by atoms with Gasteiger partial charge in [-0.25, -0.2) is 4.98 Å². The van der Waals surface area contributed by atoms with Crippen molar-refractivity contribution in [2.45, 2.75) is 31.5 Å². The van der Waals surface area contributed by atoms with Crippen molar-refractivity contribution in [3.63, 3.8) is 0 Å². The van der Waals surface area contributed by atoms with E-state index in [1.807, 2.05) is 18.2 Å². The van der Waals surface area contributed by atoms with Crippen LogP contribution in [-0.2, 0) is 11.3 Å². The van der Waals surface area contributed by atoms with Crippen molar-refractivity contribution in [1.82, 2.24) is 20.7 Å². The van der Waals surface area contributed by atoms with Gasteiger partial charge in [-0.1, -0.05) is 21.5 Å². The summed E-state index contributed by atoms with van der Waals surface area (Å²) in [5.74, 6) is -0.0306. The average molecular weight is 347 g/mol. The Hall–Kier alpha value is -1.58. The van der Waals surface area contributed by atoms with Crippen LogP contribution in [0.4, 0.5) is 0 Å². The normalized spacial score (nSPS) is 20.9. The molecule has 1 amide bonds. The molecule has 0 saturated carbocycles. The molecule has 1 aliphatic rings. The number of hydrogen-bond donors (Lipinski definition) is 3. The molecule has 3 N–H and O–H groups in total. The zero-order chi connectivity index (χ0) is 16.4. The monoisotopic (exact) mass is 347 g/mol. The minimum atomic E-state index is -0.254. The van der Waals surface area contributed by atoms with E-state index in [4.69, 9.17) is 5.26 Å². The predicted molar refractivity (Wildman–Crippen MR) is 93.8 cm³/mol. The summed E-state index contributed by atoms with van der Waals surface area (Å²) in [7, 11) is 2.42. The van der Waals surface area contributed by atoms with Gasteiger partial charge in [-0.2, -0.15) is 5.26 Å². The Balaban J connectivity index is 1.69. The second kappa shape index (κ2) is 6.50. The Morgan fingerprint density at radius 2 is 2.43 bits per heavy atom. The number of thiazole rings is 1. The Morgan fingerprint density at radius 1 is 1.65 bits per heavy atom. The number of nitriles is 1. The van der Waals surface area contributed by atoms with Gasteiger partial charge in [0.1, 0.15) is 6.07 Å². The van der Waals surface area contributed by atoms with Crippen molar-refractivity contribution >= 4 is 36.9 Å². The SMILES string of the molecule is CC1(CC(NP)C(=O)NCc2cccc3nc(C#N)sc23)CN1. The Bertz CT molecular complexity index is 780. The van der Waals surface area contributed by atoms with E-state index in [-0.39, 0.29) is 17.5 Å². The summed E-state index contributed by atoms with van der Waals surface area (Å²) in [4.78, 5) is 16.6. The van der Waals surface area contributed by atoms with Crippen LogP contribution in [0, 0.1) is 11.3 Å². The smallest absolute Gasteiger partial charge is 0.237 e. The molecule has 0 spiro atoms. The van der Waals surface area contributed by atoms with Gasteiger partial charge in [-0.05, 0) is 25.0 Å². The molecule has 3 unspecified atom stereocenters. The van der Waals surface area contributed by atoms with Crippen molar-refractivity contribution in [2.75, 3.05) is 6.54 Å². The molecule has 2 heterocycles. The summed E-state index contributed by atoms with van der Waals surface area (Å²) >= 11 is 1.36. The lowest BCUT2D eigenvalue weighted by molar-refractivity contribution is -0.123. The van der Waals surface area contributed by atoms with E-state index in [1.165, 1.54) is 11.3 Å². The van der Waals surface area contributed by atoms with Gasteiger partial charge in [-0.3, -0.25) is 9.88 Å². The molecule has 23 heavy (non-hydrogen) atoms. The molecular weight excluding hydrogens is 329 g/mol. The van der Waals surface area contributed by atoms with E-state index in [9.17, 15) is 4.79 Å². The molecule has 8 heteroatoms. The molecule has 120 valence electrons. The van der Waals surface area contributed by atoms with Crippen LogP contribution in [-0.4, -0.2) is 29.0 Å². The zero-order valence-corrected chi connectivity index (χ0v) is 14.7. The molecule has 0 aliphatic carbocycles. The third-order valence-electron chi connectivity index (χ3n) is 4.00. The fourth-order valence-corrected chi connectivity index (χ4v) is 3.61. The molecule has 1 fully saturated rings. The number of aromatic nitrogens is 1. The first-order chi connectivity index (χ1) is 11.0. The fraction of sp³-hybridized carbons (Fsp3) is 0.400. The van der Waals surface area contributed by atoms with E-state index in [2.05, 4.69) is 43.1 Å². The van der Waals surface area contributed by atoms with E-state index in [0.717, 1.165) is 28.7 Å². The highest BCUT2D eigenvalue weighted by Crippen LogP contribution is 2.26. The van der Waals surface area contributed by atoms with Gasteiger partial charge in [0.15, 0.2) is 5.01 Å². The molecule has 3 rings (SSSR count). The number of fused-ring (bicyclic) bond motifs is 1. The molecule has 3 atom stereocenters. The van der Waals surface area contributed by atoms with E-state index in [1.54, 1.807) is 0 Å². The summed E-state index contributed by atoms with van der Waals surface area (Å²) in [5.41, 5.74) is 1.84. The first kappa shape index (κ1) is 16.3. The maximum Gasteiger partial charge on any atom is 0.237 e. The number of benzene rings is 1. The summed E-state index contributed by atoms with van der Waals surface area (Å²) in [5, 5.41) is 18.7. The van der Waals surface area contributed by atoms with Crippen LogP contribution in [0.5, 0.6) is 0 Å². The van der Waals surface area contributed by atoms with Crippen molar-refractivity contribution in [2.24, 2.45) is 0 Å². The molecule has 1 saturated heterocycles. The van der Waals surface area contributed by atoms with Crippen LogP contribution < -0.4 is 15.7 Å². The third-order valence-corrected chi connectivity index (χ3v) is 5.45. The van der Waals surface area contributed by atoms with Crippen LogP contribution >= 0.6 is 20.7 Å². The standard InChI is InChI=1S/C15H18N5OPS/c1-15(8-18-15)5-11(20-22)14(21)17-7-9-3-2-4-10-13(9)23-12(6-16)19-10/h2-4,11,18,20H,5,7-8,22H2,1H3,(H,17,21). The summed E-state index contributed by atoms with van der Waals surface area (Å²) < 4.78 is 0.954. The predicted octanol–water partition coefficient (Wildman–Crippen LogP) is 1.28. The van der Waals surface area contributed by atoms with Crippen LogP contribution in [0.25, 0.3) is 10.2 Å². The lowest BCUT2D eigenvalue weighted by atomic mass is 10.0. The number of amides is 1. The van der Waals surface area contributed by atoms with Gasteiger partial charge in [0.25, 0.3) is 0 Å². The second-order valence-electron chi connectivity index (χ2n) is 5.95. The highest BCUT2D eigenvalue weighted by atomic mass is 32.1. The lowest BCUT2D eigenvalue weighted by Crippen LogP contribution is -2.43. The highest BCUT2D eigenvalue weighted by Gasteiger charge is 2.40. The Kier molecular flexibility index (Phi) is 4.60. The minimum absolute atomic E-state index is 0.0306. The van der Waals surface area contributed by atoms with Crippen LogP contribution in [0.1, 0.15) is 23.9 Å². The van der Waals surface area contributed by atoms with Crippen molar-refractivity contribution in [3.8, 4) is 6.07 Å². The number of hydrogen-bond acceptors (Lipinski definition) is 6. The zero-order valence-electron chi connectivity index (χ0n) is 12.7. The molecule has 0 bridgehead atoms. The van der Waals surface area contributed by atoms with Gasteiger partial charge >= 0.3 is 0 Å². The highest BCUT2D eigenvalue weighted by molar-refractivity contribution is 7.19. The van der Waals surface area contributed by atoms with E-state index < -0.39 is 0 Å². The molecule has 2 aromatic rings. The van der Waals surface area contributed by atoms with Crippen molar-refractivity contribution < 1.29 is 4.79 Å². The molecule has 6 nitrogen and oxygen atoms in total. The van der Waals surface area contributed by atoms with Gasteiger partial charge in [0.2, 0.25) is 5.91 Å². The molecular formula is C15H18N5OPS. The largest absolute Gasteiger partial charge is 0.351 e. The summed E-state index contributed by atoms with van der Waals surface area (Å²) in [6.07, 6.45) is 0.742. The molecule has 0 radical (unpaired) electrons. The van der Waals surface area contributed by atoms with Gasteiger partial charge in [-0.15, -0.1) is 11.3 Å². The molecule has 1 aromatic carbocycles. The Labute approximate surface area is 140 Å². The van der Waals surface area contributed by atoms with Crippen molar-refractivity contribution in [1.29, 1.82) is 5.26 Å². The quantitative estimate of drug-likeness (QED) is 0.540. The Morgan fingerprint density at radius 3 is 3.09 bits per heavy atom. The maximum atomic E-state index is 12.4. The second-order valence-corrected chi connectivity index (χ2v) is 7.28. The van der Waals surface area contributed by atoms with Gasteiger partial charge in [0.05, 0.1) is 16.3 Å². The van der Waals surface area contributed by atoms with Gasteiger partial charge in [0, 0.05) is 18.6 Å². The number of carbonyl (C=O) groups excluding carboxylic acids is 1.